The van der Waals surface area contributed by atoms with E-state index in [1.54, 1.807) is 36.7 Å². The highest BCUT2D eigenvalue weighted by Crippen LogP contribution is 2.34. The summed E-state index contributed by atoms with van der Waals surface area (Å²) in [6.07, 6.45) is 2.23. The summed E-state index contributed by atoms with van der Waals surface area (Å²) < 4.78 is 6.15. The van der Waals surface area contributed by atoms with Crippen LogP contribution in [0.2, 0.25) is 0 Å². The molecular weight excluding hydrogens is 508 g/mol. The smallest absolute Gasteiger partial charge is 0.417 e. The fourth-order valence-corrected chi connectivity index (χ4v) is 4.34. The van der Waals surface area contributed by atoms with Crippen molar-refractivity contribution in [2.45, 2.75) is 19.4 Å². The van der Waals surface area contributed by atoms with Gasteiger partial charge in [-0.15, -0.1) is 0 Å². The molecule has 0 aliphatic rings. The molecule has 5 aromatic rings. The summed E-state index contributed by atoms with van der Waals surface area (Å²) in [6, 6.07) is 26.3. The average molecular weight is 535 g/mol. The lowest BCUT2D eigenvalue weighted by atomic mass is 10.0. The van der Waals surface area contributed by atoms with Gasteiger partial charge in [-0.2, -0.15) is 0 Å². The van der Waals surface area contributed by atoms with Crippen molar-refractivity contribution in [3.8, 4) is 28.3 Å². The van der Waals surface area contributed by atoms with Crippen LogP contribution in [0.5, 0.6) is 5.75 Å². The molecule has 200 valence electrons. The second kappa shape index (κ2) is 12.0. The minimum absolute atomic E-state index is 0.276. The molecule has 0 aliphatic heterocycles. The molecule has 0 unspecified atom stereocenters. The van der Waals surface area contributed by atoms with Gasteiger partial charge in [-0.25, -0.2) is 24.5 Å². The molecule has 2 N–H and O–H groups in total. The van der Waals surface area contributed by atoms with Crippen LogP contribution < -0.4 is 4.74 Å². The molecule has 9 nitrogen and oxygen atoms in total. The summed E-state index contributed by atoms with van der Waals surface area (Å²) in [7, 11) is 0. The predicted octanol–water partition coefficient (Wildman–Crippen LogP) is 6.53. The van der Waals surface area contributed by atoms with Crippen LogP contribution in [0.4, 0.5) is 9.59 Å². The van der Waals surface area contributed by atoms with Gasteiger partial charge in [0.15, 0.2) is 0 Å². The van der Waals surface area contributed by atoms with E-state index in [9.17, 15) is 9.59 Å². The minimum atomic E-state index is -1.53. The molecule has 2 amide bonds. The van der Waals surface area contributed by atoms with E-state index in [1.165, 1.54) is 5.56 Å². The molecule has 2 aromatic heterocycles. The Bertz CT molecular complexity index is 1610. The third-order valence-corrected chi connectivity index (χ3v) is 6.35. The monoisotopic (exact) mass is 534 g/mol. The first-order valence-electron chi connectivity index (χ1n) is 12.7. The lowest BCUT2D eigenvalue weighted by Crippen LogP contribution is -2.33. The largest absolute Gasteiger partial charge is 0.491 e. The summed E-state index contributed by atoms with van der Waals surface area (Å²) in [5, 5.41) is 18.3. The van der Waals surface area contributed by atoms with Crippen LogP contribution in [0.1, 0.15) is 17.5 Å². The maximum Gasteiger partial charge on any atom is 0.417 e. The van der Waals surface area contributed by atoms with Crippen molar-refractivity contribution >= 4 is 23.2 Å². The van der Waals surface area contributed by atoms with Gasteiger partial charge in [0, 0.05) is 23.5 Å². The third kappa shape index (κ3) is 6.05. The van der Waals surface area contributed by atoms with Gasteiger partial charge >= 0.3 is 12.2 Å². The van der Waals surface area contributed by atoms with Gasteiger partial charge in [0.1, 0.15) is 11.3 Å². The summed E-state index contributed by atoms with van der Waals surface area (Å²) in [6.45, 7) is 0.248. The van der Waals surface area contributed by atoms with Crippen molar-refractivity contribution in [1.29, 1.82) is 0 Å². The number of hydrogen-bond donors (Lipinski definition) is 2. The Kier molecular flexibility index (Phi) is 7.92. The molecule has 5 rings (SSSR count). The fourth-order valence-electron chi connectivity index (χ4n) is 4.34. The molecule has 0 radical (unpaired) electrons. The van der Waals surface area contributed by atoms with Gasteiger partial charge in [-0.1, -0.05) is 60.7 Å². The maximum atomic E-state index is 11.2. The summed E-state index contributed by atoms with van der Waals surface area (Å²) in [4.78, 5) is 36.9. The van der Waals surface area contributed by atoms with E-state index in [0.29, 0.717) is 45.2 Å². The molecule has 0 saturated heterocycles. The summed E-state index contributed by atoms with van der Waals surface area (Å²) in [5.41, 5.74) is 6.03. The number of carboxylic acid groups (broad SMARTS) is 2. The highest BCUT2D eigenvalue weighted by Gasteiger charge is 2.20. The maximum absolute atomic E-state index is 11.2. The number of rotatable bonds is 9. The van der Waals surface area contributed by atoms with Gasteiger partial charge in [0.25, 0.3) is 0 Å². The van der Waals surface area contributed by atoms with E-state index in [0.717, 1.165) is 24.0 Å². The normalized spacial score (nSPS) is 10.8. The van der Waals surface area contributed by atoms with Crippen molar-refractivity contribution in [3.63, 3.8) is 0 Å². The highest BCUT2D eigenvalue weighted by atomic mass is 16.5. The van der Waals surface area contributed by atoms with Crippen LogP contribution in [0, 0.1) is 0 Å². The van der Waals surface area contributed by atoms with E-state index in [1.807, 2.05) is 60.7 Å². The molecule has 0 spiro atoms. The zero-order valence-electron chi connectivity index (χ0n) is 21.5. The fraction of sp³-hybridized carbons (Fsp3) is 0.129. The number of aromatic nitrogens is 3. The third-order valence-electron chi connectivity index (χ3n) is 6.35. The van der Waals surface area contributed by atoms with E-state index in [2.05, 4.69) is 4.98 Å². The predicted molar refractivity (Wildman–Crippen MR) is 150 cm³/mol. The second-order valence-electron chi connectivity index (χ2n) is 9.07. The van der Waals surface area contributed by atoms with E-state index < -0.39 is 12.2 Å². The number of amides is 2. The number of carbonyl (C=O) groups is 2. The zero-order valence-corrected chi connectivity index (χ0v) is 21.5. The number of fused-ring (bicyclic) bond motifs is 1. The first-order chi connectivity index (χ1) is 19.5. The number of benzene rings is 3. The van der Waals surface area contributed by atoms with Crippen LogP contribution in [0.25, 0.3) is 33.5 Å². The van der Waals surface area contributed by atoms with Crippen molar-refractivity contribution in [2.24, 2.45) is 0 Å². The topological polar surface area (TPSA) is 126 Å². The van der Waals surface area contributed by atoms with Crippen molar-refractivity contribution < 1.29 is 24.5 Å². The Balaban J connectivity index is 1.46. The SMILES string of the molecule is O=C(O)N(Cc1ccc(-c2nc3cccc(OCCCc4ccncc4)c3nc2-c2ccccc2)cc1)C(=O)O. The van der Waals surface area contributed by atoms with Gasteiger partial charge in [0.05, 0.1) is 30.1 Å². The van der Waals surface area contributed by atoms with Gasteiger partial charge < -0.3 is 14.9 Å². The molecule has 3 aromatic carbocycles. The first kappa shape index (κ1) is 26.3. The molecule has 0 aliphatic carbocycles. The molecule has 0 fully saturated rings. The van der Waals surface area contributed by atoms with Crippen LogP contribution in [0.3, 0.4) is 0 Å². The number of ether oxygens (including phenoxy) is 1. The van der Waals surface area contributed by atoms with Crippen LogP contribution in [0.15, 0.2) is 97.3 Å². The number of para-hydroxylation sites is 1. The molecule has 2 heterocycles. The second-order valence-corrected chi connectivity index (χ2v) is 9.07. The number of pyridine rings is 1. The molecule has 40 heavy (non-hydrogen) atoms. The number of imide groups is 1. The van der Waals surface area contributed by atoms with Crippen molar-refractivity contribution in [2.75, 3.05) is 6.61 Å². The quantitative estimate of drug-likeness (QED) is 0.205. The molecule has 0 atom stereocenters. The first-order valence-corrected chi connectivity index (χ1v) is 12.7. The molecule has 0 saturated carbocycles. The number of aryl methyl sites for hydroxylation is 1. The molecular formula is C31H26N4O5. The molecule has 0 bridgehead atoms. The highest BCUT2D eigenvalue weighted by molar-refractivity contribution is 5.89. The standard InChI is InChI=1S/C31H26N4O5/c36-30(37)35(31(38)39)20-22-11-13-24(14-12-22)27-28(23-7-2-1-3-8-23)34-29-25(33-27)9-4-10-26(29)40-19-5-6-21-15-17-32-18-16-21/h1-4,7-18H,5-6,19-20H2,(H,36,37)(H,38,39). The Labute approximate surface area is 230 Å². The summed E-state index contributed by atoms with van der Waals surface area (Å²) >= 11 is 0. The minimum Gasteiger partial charge on any atom is -0.491 e. The van der Waals surface area contributed by atoms with Crippen molar-refractivity contribution in [1.82, 2.24) is 19.9 Å². The Morgan fingerprint density at radius 2 is 1.40 bits per heavy atom. The number of hydrogen-bond acceptors (Lipinski definition) is 6. The Morgan fingerprint density at radius 3 is 2.10 bits per heavy atom. The zero-order chi connectivity index (χ0) is 27.9. The molecule has 9 heteroatoms. The Morgan fingerprint density at radius 1 is 0.725 bits per heavy atom. The van der Waals surface area contributed by atoms with Crippen LogP contribution in [-0.2, 0) is 13.0 Å². The number of nitrogens with zero attached hydrogens (tertiary/aromatic N) is 4. The van der Waals surface area contributed by atoms with Gasteiger partial charge in [-0.3, -0.25) is 4.98 Å². The van der Waals surface area contributed by atoms with Gasteiger partial charge in [-0.05, 0) is 48.2 Å². The van der Waals surface area contributed by atoms with Crippen LogP contribution >= 0.6 is 0 Å². The lowest BCUT2D eigenvalue weighted by molar-refractivity contribution is 0.120. The summed E-state index contributed by atoms with van der Waals surface area (Å²) in [5.74, 6) is 0.654. The van der Waals surface area contributed by atoms with E-state index in [-0.39, 0.29) is 6.54 Å². The Hall–Kier alpha value is -5.31. The average Bonchev–Trinajstić information content (AvgIpc) is 2.98. The lowest BCUT2D eigenvalue weighted by Gasteiger charge is -2.15. The van der Waals surface area contributed by atoms with Crippen molar-refractivity contribution in [3.05, 3.63) is 108 Å². The van der Waals surface area contributed by atoms with Crippen LogP contribution in [-0.4, -0.2) is 48.9 Å². The van der Waals surface area contributed by atoms with E-state index in [4.69, 9.17) is 24.9 Å². The van der Waals surface area contributed by atoms with E-state index >= 15 is 0 Å². The van der Waals surface area contributed by atoms with Gasteiger partial charge in [0.2, 0.25) is 0 Å².